The molecule has 2 N–H and O–H groups in total. The summed E-state index contributed by atoms with van der Waals surface area (Å²) in [6.45, 7) is 4.13. The summed E-state index contributed by atoms with van der Waals surface area (Å²) in [4.78, 5) is 0. The highest BCUT2D eigenvalue weighted by atomic mass is 127. The van der Waals surface area contributed by atoms with E-state index in [-0.39, 0.29) is 6.04 Å². The SMILES string of the molecule is CC(C)=CC(N)c1cccc(I)c1. The molecule has 0 aromatic heterocycles. The van der Waals surface area contributed by atoms with E-state index >= 15 is 0 Å². The number of benzene rings is 1. The second kappa shape index (κ2) is 4.77. The Bertz CT molecular complexity index is 314. The molecule has 0 amide bonds. The highest BCUT2D eigenvalue weighted by Crippen LogP contribution is 2.16. The van der Waals surface area contributed by atoms with Crippen molar-refractivity contribution in [2.45, 2.75) is 19.9 Å². The normalized spacial score (nSPS) is 12.3. The Morgan fingerprint density at radius 1 is 1.46 bits per heavy atom. The van der Waals surface area contributed by atoms with E-state index in [9.17, 15) is 0 Å². The minimum Gasteiger partial charge on any atom is -0.321 e. The van der Waals surface area contributed by atoms with Gasteiger partial charge in [-0.1, -0.05) is 23.8 Å². The van der Waals surface area contributed by atoms with E-state index in [0.717, 1.165) is 0 Å². The first-order chi connectivity index (χ1) is 6.09. The maximum atomic E-state index is 5.99. The van der Waals surface area contributed by atoms with Crippen molar-refractivity contribution >= 4 is 22.6 Å². The predicted octanol–water partition coefficient (Wildman–Crippen LogP) is 3.26. The largest absolute Gasteiger partial charge is 0.321 e. The molecular formula is C11H14IN. The molecule has 0 bridgehead atoms. The molecule has 1 aromatic rings. The van der Waals surface area contributed by atoms with E-state index in [1.165, 1.54) is 14.7 Å². The van der Waals surface area contributed by atoms with Gasteiger partial charge >= 0.3 is 0 Å². The van der Waals surface area contributed by atoms with E-state index in [1.807, 2.05) is 6.07 Å². The van der Waals surface area contributed by atoms with Gasteiger partial charge < -0.3 is 5.73 Å². The molecule has 0 saturated carbocycles. The molecule has 0 spiro atoms. The fourth-order valence-corrected chi connectivity index (χ4v) is 1.74. The van der Waals surface area contributed by atoms with Crippen molar-refractivity contribution in [3.8, 4) is 0 Å². The van der Waals surface area contributed by atoms with Crippen molar-refractivity contribution in [2.75, 3.05) is 0 Å². The summed E-state index contributed by atoms with van der Waals surface area (Å²) in [7, 11) is 0. The van der Waals surface area contributed by atoms with E-state index in [2.05, 4.69) is 60.7 Å². The molecule has 0 aliphatic heterocycles. The van der Waals surface area contributed by atoms with Crippen LogP contribution in [0.25, 0.3) is 0 Å². The Labute approximate surface area is 93.2 Å². The molecule has 1 rings (SSSR count). The van der Waals surface area contributed by atoms with Crippen molar-refractivity contribution in [3.63, 3.8) is 0 Å². The van der Waals surface area contributed by atoms with Crippen LogP contribution in [0.15, 0.2) is 35.9 Å². The lowest BCUT2D eigenvalue weighted by Gasteiger charge is -2.07. The van der Waals surface area contributed by atoms with Crippen LogP contribution >= 0.6 is 22.6 Å². The van der Waals surface area contributed by atoms with Crippen LogP contribution in [0.5, 0.6) is 0 Å². The third-order valence-electron chi connectivity index (χ3n) is 1.75. The number of allylic oxidation sites excluding steroid dienone is 1. The summed E-state index contributed by atoms with van der Waals surface area (Å²) in [6, 6.07) is 8.31. The van der Waals surface area contributed by atoms with E-state index < -0.39 is 0 Å². The summed E-state index contributed by atoms with van der Waals surface area (Å²) in [6.07, 6.45) is 2.07. The standard InChI is InChI=1S/C11H14IN/c1-8(2)6-11(13)9-4-3-5-10(12)7-9/h3-7,11H,13H2,1-2H3. The maximum absolute atomic E-state index is 5.99. The van der Waals surface area contributed by atoms with E-state index in [4.69, 9.17) is 5.73 Å². The summed E-state index contributed by atoms with van der Waals surface area (Å²) < 4.78 is 1.23. The third-order valence-corrected chi connectivity index (χ3v) is 2.42. The molecule has 13 heavy (non-hydrogen) atoms. The van der Waals surface area contributed by atoms with E-state index in [1.54, 1.807) is 0 Å². The van der Waals surface area contributed by atoms with Crippen LogP contribution < -0.4 is 5.73 Å². The summed E-state index contributed by atoms with van der Waals surface area (Å²) in [5, 5.41) is 0. The van der Waals surface area contributed by atoms with Crippen molar-refractivity contribution < 1.29 is 0 Å². The molecule has 0 radical (unpaired) electrons. The van der Waals surface area contributed by atoms with Gasteiger partial charge in [0.25, 0.3) is 0 Å². The molecule has 2 heteroatoms. The lowest BCUT2D eigenvalue weighted by molar-refractivity contribution is 0.898. The van der Waals surface area contributed by atoms with Gasteiger partial charge in [0.2, 0.25) is 0 Å². The number of hydrogen-bond donors (Lipinski definition) is 1. The summed E-state index contributed by atoms with van der Waals surface area (Å²) in [5.41, 5.74) is 8.42. The van der Waals surface area contributed by atoms with Crippen molar-refractivity contribution in [1.29, 1.82) is 0 Å². The van der Waals surface area contributed by atoms with Gasteiger partial charge in [-0.2, -0.15) is 0 Å². The molecular weight excluding hydrogens is 273 g/mol. The van der Waals surface area contributed by atoms with Gasteiger partial charge in [-0.3, -0.25) is 0 Å². The van der Waals surface area contributed by atoms with Crippen molar-refractivity contribution in [3.05, 3.63) is 45.0 Å². The monoisotopic (exact) mass is 287 g/mol. The van der Waals surface area contributed by atoms with Gasteiger partial charge in [0.1, 0.15) is 0 Å². The Hall–Kier alpha value is -0.350. The quantitative estimate of drug-likeness (QED) is 0.655. The van der Waals surface area contributed by atoms with Crippen molar-refractivity contribution in [2.24, 2.45) is 5.73 Å². The highest BCUT2D eigenvalue weighted by molar-refractivity contribution is 14.1. The lowest BCUT2D eigenvalue weighted by Crippen LogP contribution is -2.07. The molecule has 0 saturated heterocycles. The average molecular weight is 287 g/mol. The first-order valence-corrected chi connectivity index (χ1v) is 5.33. The first kappa shape index (κ1) is 10.7. The molecule has 0 heterocycles. The minimum atomic E-state index is 0.0275. The number of halogens is 1. The fraction of sp³-hybridized carbons (Fsp3) is 0.273. The Balaban J connectivity index is 2.89. The Morgan fingerprint density at radius 2 is 2.15 bits per heavy atom. The molecule has 0 fully saturated rings. The van der Waals surface area contributed by atoms with Crippen LogP contribution in [0.1, 0.15) is 25.5 Å². The summed E-state index contributed by atoms with van der Waals surface area (Å²) >= 11 is 2.30. The van der Waals surface area contributed by atoms with Crippen molar-refractivity contribution in [1.82, 2.24) is 0 Å². The fourth-order valence-electron chi connectivity index (χ4n) is 1.17. The average Bonchev–Trinajstić information content (AvgIpc) is 2.03. The molecule has 1 nitrogen and oxygen atoms in total. The van der Waals surface area contributed by atoms with Gasteiger partial charge in [0.15, 0.2) is 0 Å². The minimum absolute atomic E-state index is 0.0275. The Morgan fingerprint density at radius 3 is 2.69 bits per heavy atom. The molecule has 0 aliphatic rings. The van der Waals surface area contributed by atoms with Crippen LogP contribution in [0.4, 0.5) is 0 Å². The number of rotatable bonds is 2. The van der Waals surface area contributed by atoms with Crippen LogP contribution in [0.2, 0.25) is 0 Å². The Kier molecular flexibility index (Phi) is 3.93. The first-order valence-electron chi connectivity index (χ1n) is 4.25. The smallest absolute Gasteiger partial charge is 0.0483 e. The molecule has 1 atom stereocenters. The second-order valence-corrected chi connectivity index (χ2v) is 4.57. The number of nitrogens with two attached hydrogens (primary N) is 1. The zero-order valence-corrected chi connectivity index (χ0v) is 10.1. The third kappa shape index (κ3) is 3.48. The van der Waals surface area contributed by atoms with Gasteiger partial charge in [0.05, 0.1) is 0 Å². The van der Waals surface area contributed by atoms with Gasteiger partial charge in [0, 0.05) is 9.61 Å². The number of hydrogen-bond acceptors (Lipinski definition) is 1. The zero-order chi connectivity index (χ0) is 9.84. The molecule has 0 aliphatic carbocycles. The van der Waals surface area contributed by atoms with Crippen LogP contribution in [-0.4, -0.2) is 0 Å². The maximum Gasteiger partial charge on any atom is 0.0483 e. The molecule has 70 valence electrons. The van der Waals surface area contributed by atoms with E-state index in [0.29, 0.717) is 0 Å². The highest BCUT2D eigenvalue weighted by Gasteiger charge is 2.01. The van der Waals surface area contributed by atoms with Gasteiger partial charge in [-0.05, 0) is 54.1 Å². The van der Waals surface area contributed by atoms with Crippen LogP contribution in [0, 0.1) is 3.57 Å². The topological polar surface area (TPSA) is 26.0 Å². The molecule has 1 unspecified atom stereocenters. The lowest BCUT2D eigenvalue weighted by atomic mass is 10.1. The summed E-state index contributed by atoms with van der Waals surface area (Å²) in [5.74, 6) is 0. The van der Waals surface area contributed by atoms with Gasteiger partial charge in [-0.15, -0.1) is 0 Å². The second-order valence-electron chi connectivity index (χ2n) is 3.32. The van der Waals surface area contributed by atoms with Crippen LogP contribution in [0.3, 0.4) is 0 Å². The predicted molar refractivity (Wildman–Crippen MR) is 65.5 cm³/mol. The molecule has 1 aromatic carbocycles. The zero-order valence-electron chi connectivity index (χ0n) is 7.92. The van der Waals surface area contributed by atoms with Crippen LogP contribution in [-0.2, 0) is 0 Å². The van der Waals surface area contributed by atoms with Gasteiger partial charge in [-0.25, -0.2) is 0 Å².